The van der Waals surface area contributed by atoms with Crippen LogP contribution in [0, 0.1) is 0 Å². The topological polar surface area (TPSA) is 124 Å². The van der Waals surface area contributed by atoms with E-state index in [1.807, 2.05) is 12.1 Å². The van der Waals surface area contributed by atoms with Gasteiger partial charge in [0.05, 0.1) is 5.69 Å². The molecule has 1 aromatic heterocycles. The van der Waals surface area contributed by atoms with Gasteiger partial charge in [-0.15, -0.1) is 0 Å². The maximum absolute atomic E-state index is 10.0. The van der Waals surface area contributed by atoms with Crippen molar-refractivity contribution in [3.05, 3.63) is 72.3 Å². The van der Waals surface area contributed by atoms with Gasteiger partial charge in [0.15, 0.2) is 0 Å². The minimum absolute atomic E-state index is 0.0846. The number of anilines is 2. The van der Waals surface area contributed by atoms with Crippen molar-refractivity contribution < 1.29 is 5.11 Å². The summed E-state index contributed by atoms with van der Waals surface area (Å²) in [7, 11) is 0. The zero-order chi connectivity index (χ0) is 16.1. The summed E-state index contributed by atoms with van der Waals surface area (Å²) in [6.07, 6.45) is 4.55. The van der Waals surface area contributed by atoms with E-state index < -0.39 is 0 Å². The van der Waals surface area contributed by atoms with Gasteiger partial charge in [-0.3, -0.25) is 0 Å². The van der Waals surface area contributed by atoms with Gasteiger partial charge in [-0.25, -0.2) is 9.97 Å². The van der Waals surface area contributed by atoms with Gasteiger partial charge in [-0.05, 0) is 35.4 Å². The summed E-state index contributed by atoms with van der Waals surface area (Å²) in [6.45, 7) is 3.92. The van der Waals surface area contributed by atoms with Crippen LogP contribution < -0.4 is 17.2 Å². The lowest BCUT2D eigenvalue weighted by molar-refractivity contribution is 0.434. The van der Waals surface area contributed by atoms with Crippen LogP contribution in [0.25, 0.3) is 11.3 Å². The van der Waals surface area contributed by atoms with Crippen molar-refractivity contribution in [1.82, 2.24) is 9.97 Å². The van der Waals surface area contributed by atoms with Gasteiger partial charge < -0.3 is 22.3 Å². The second-order valence-electron chi connectivity index (χ2n) is 4.58. The molecular formula is C16H17N5O. The number of hydrogen-bond acceptors (Lipinski definition) is 6. The standard InChI is InChI=1S/C16H17N5O/c1-10(11-3-2-4-12(17)9-11)5-6-14(22)15(18)13-7-8-20-16(19)21-13/h2-9,22H,1,17-18H2,(H2,19,20,21)/b6-5-,15-14+. The Kier molecular flexibility index (Phi) is 4.43. The monoisotopic (exact) mass is 295 g/mol. The first-order valence-corrected chi connectivity index (χ1v) is 6.48. The predicted octanol–water partition coefficient (Wildman–Crippen LogP) is 2.10. The Hall–Kier alpha value is -3.28. The number of nitrogens with zero attached hydrogens (tertiary/aromatic N) is 2. The van der Waals surface area contributed by atoms with Gasteiger partial charge in [-0.2, -0.15) is 0 Å². The van der Waals surface area contributed by atoms with Crippen LogP contribution in [0.15, 0.2) is 61.0 Å². The molecule has 0 radical (unpaired) electrons. The summed E-state index contributed by atoms with van der Waals surface area (Å²) >= 11 is 0. The Morgan fingerprint density at radius 1 is 1.18 bits per heavy atom. The number of rotatable bonds is 4. The molecular weight excluding hydrogens is 278 g/mol. The smallest absolute Gasteiger partial charge is 0.220 e. The molecule has 0 bridgehead atoms. The first-order chi connectivity index (χ1) is 10.5. The Morgan fingerprint density at radius 3 is 2.64 bits per heavy atom. The number of nitrogen functional groups attached to an aromatic ring is 2. The average Bonchev–Trinajstić information content (AvgIpc) is 2.51. The number of aliphatic hydroxyl groups is 1. The van der Waals surface area contributed by atoms with Crippen LogP contribution in [-0.2, 0) is 0 Å². The number of aromatic nitrogens is 2. The highest BCUT2D eigenvalue weighted by Crippen LogP contribution is 2.18. The lowest BCUT2D eigenvalue weighted by atomic mass is 10.1. The zero-order valence-electron chi connectivity index (χ0n) is 11.9. The number of aliphatic hydroxyl groups excluding tert-OH is 1. The number of benzene rings is 1. The van der Waals surface area contributed by atoms with Crippen molar-refractivity contribution in [3.63, 3.8) is 0 Å². The molecule has 22 heavy (non-hydrogen) atoms. The van der Waals surface area contributed by atoms with Crippen molar-refractivity contribution in [1.29, 1.82) is 0 Å². The molecule has 6 nitrogen and oxygen atoms in total. The maximum Gasteiger partial charge on any atom is 0.220 e. The normalized spacial score (nSPS) is 12.2. The first kappa shape index (κ1) is 15.1. The summed E-state index contributed by atoms with van der Waals surface area (Å²) in [4.78, 5) is 7.71. The van der Waals surface area contributed by atoms with Crippen LogP contribution >= 0.6 is 0 Å². The average molecular weight is 295 g/mol. The molecule has 0 spiro atoms. The third kappa shape index (κ3) is 3.63. The van der Waals surface area contributed by atoms with Gasteiger partial charge >= 0.3 is 0 Å². The quantitative estimate of drug-likeness (QED) is 0.389. The van der Waals surface area contributed by atoms with E-state index in [2.05, 4.69) is 16.5 Å². The van der Waals surface area contributed by atoms with E-state index in [1.54, 1.807) is 24.3 Å². The van der Waals surface area contributed by atoms with E-state index in [4.69, 9.17) is 17.2 Å². The fourth-order valence-corrected chi connectivity index (χ4v) is 1.76. The van der Waals surface area contributed by atoms with E-state index in [-0.39, 0.29) is 17.4 Å². The van der Waals surface area contributed by atoms with Gasteiger partial charge in [0.1, 0.15) is 11.5 Å². The molecule has 0 unspecified atom stereocenters. The molecule has 0 fully saturated rings. The fraction of sp³-hybridized carbons (Fsp3) is 0. The molecule has 112 valence electrons. The second-order valence-corrected chi connectivity index (χ2v) is 4.58. The molecule has 0 aliphatic rings. The number of hydrogen-bond donors (Lipinski definition) is 4. The summed E-state index contributed by atoms with van der Waals surface area (Å²) in [6, 6.07) is 8.84. The van der Waals surface area contributed by atoms with Crippen LogP contribution in [-0.4, -0.2) is 15.1 Å². The maximum atomic E-state index is 10.0. The molecule has 6 heteroatoms. The van der Waals surface area contributed by atoms with Crippen molar-refractivity contribution in [2.45, 2.75) is 0 Å². The molecule has 2 rings (SSSR count). The van der Waals surface area contributed by atoms with E-state index >= 15 is 0 Å². The fourth-order valence-electron chi connectivity index (χ4n) is 1.76. The summed E-state index contributed by atoms with van der Waals surface area (Å²) in [5.74, 6) is -0.0513. The molecule has 0 aliphatic carbocycles. The SMILES string of the molecule is C=C(/C=C\C(O)=C(/N)c1ccnc(N)n1)c1cccc(N)c1. The Labute approximate surface area is 128 Å². The highest BCUT2D eigenvalue weighted by atomic mass is 16.3. The van der Waals surface area contributed by atoms with Crippen LogP contribution in [0.3, 0.4) is 0 Å². The minimum Gasteiger partial charge on any atom is -0.506 e. The Morgan fingerprint density at radius 2 is 1.95 bits per heavy atom. The van der Waals surface area contributed by atoms with E-state index in [0.717, 1.165) is 5.56 Å². The molecule has 2 aromatic rings. The summed E-state index contributed by atoms with van der Waals surface area (Å²) in [5.41, 5.74) is 19.7. The van der Waals surface area contributed by atoms with E-state index in [9.17, 15) is 5.11 Å². The molecule has 1 heterocycles. The summed E-state index contributed by atoms with van der Waals surface area (Å²) < 4.78 is 0. The third-order valence-electron chi connectivity index (χ3n) is 2.93. The Bertz CT molecular complexity index is 765. The van der Waals surface area contributed by atoms with Gasteiger partial charge in [0, 0.05) is 11.9 Å². The Balaban J connectivity index is 2.21. The van der Waals surface area contributed by atoms with Crippen LogP contribution in [0.5, 0.6) is 0 Å². The molecule has 0 saturated heterocycles. The van der Waals surface area contributed by atoms with E-state index in [0.29, 0.717) is 17.0 Å². The van der Waals surface area contributed by atoms with Crippen LogP contribution in [0.4, 0.5) is 11.6 Å². The number of nitrogens with two attached hydrogens (primary N) is 3. The molecule has 0 aliphatic heterocycles. The van der Waals surface area contributed by atoms with Crippen LogP contribution in [0.2, 0.25) is 0 Å². The third-order valence-corrected chi connectivity index (χ3v) is 2.93. The molecule has 0 saturated carbocycles. The second kappa shape index (κ2) is 6.45. The highest BCUT2D eigenvalue weighted by molar-refractivity contribution is 5.75. The van der Waals surface area contributed by atoms with Gasteiger partial charge in [-0.1, -0.05) is 24.8 Å². The molecule has 0 atom stereocenters. The number of allylic oxidation sites excluding steroid dienone is 3. The zero-order valence-corrected chi connectivity index (χ0v) is 11.9. The highest BCUT2D eigenvalue weighted by Gasteiger charge is 2.05. The largest absolute Gasteiger partial charge is 0.506 e. The van der Waals surface area contributed by atoms with Crippen molar-refractivity contribution in [3.8, 4) is 0 Å². The van der Waals surface area contributed by atoms with E-state index in [1.165, 1.54) is 12.3 Å². The lowest BCUT2D eigenvalue weighted by Crippen LogP contribution is -2.05. The lowest BCUT2D eigenvalue weighted by Gasteiger charge is -2.04. The van der Waals surface area contributed by atoms with Crippen LogP contribution in [0.1, 0.15) is 11.3 Å². The molecule has 7 N–H and O–H groups in total. The van der Waals surface area contributed by atoms with Gasteiger partial charge in [0.25, 0.3) is 0 Å². The minimum atomic E-state index is -0.136. The predicted molar refractivity (Wildman–Crippen MR) is 89.2 cm³/mol. The molecule has 1 aromatic carbocycles. The van der Waals surface area contributed by atoms with Crippen molar-refractivity contribution in [2.24, 2.45) is 5.73 Å². The first-order valence-electron chi connectivity index (χ1n) is 6.48. The molecule has 0 amide bonds. The van der Waals surface area contributed by atoms with Crippen molar-refractivity contribution in [2.75, 3.05) is 11.5 Å². The summed E-state index contributed by atoms with van der Waals surface area (Å²) in [5, 5.41) is 10.0. The van der Waals surface area contributed by atoms with Gasteiger partial charge in [0.2, 0.25) is 5.95 Å². The van der Waals surface area contributed by atoms with Crippen molar-refractivity contribution >= 4 is 22.9 Å².